The third kappa shape index (κ3) is 5.41. The van der Waals surface area contributed by atoms with Gasteiger partial charge < -0.3 is 4.74 Å². The molecule has 17 heavy (non-hydrogen) atoms. The van der Waals surface area contributed by atoms with E-state index in [0.29, 0.717) is 24.3 Å². The van der Waals surface area contributed by atoms with Crippen LogP contribution in [0.4, 0.5) is 8.78 Å². The molecule has 0 radical (unpaired) electrons. The quantitative estimate of drug-likeness (QED) is 0.724. The second-order valence-corrected chi connectivity index (χ2v) is 4.28. The Kier molecular flexibility index (Phi) is 6.36. The van der Waals surface area contributed by atoms with Gasteiger partial charge in [-0.25, -0.2) is 13.8 Å². The molecule has 0 bridgehead atoms. The maximum Gasteiger partial charge on any atom is 0.251 e. The van der Waals surface area contributed by atoms with Crippen LogP contribution in [0.25, 0.3) is 0 Å². The molecule has 0 unspecified atom stereocenters. The fourth-order valence-electron chi connectivity index (χ4n) is 1.44. The Bertz CT molecular complexity index is 339. The molecule has 0 aliphatic heterocycles. The number of rotatable bonds is 7. The van der Waals surface area contributed by atoms with Gasteiger partial charge in [0.2, 0.25) is 5.88 Å². The number of alkyl halides is 3. The minimum Gasteiger partial charge on any atom is -0.481 e. The Labute approximate surface area is 108 Å². The number of nitrogens with zero attached hydrogens (tertiary/aromatic N) is 2. The van der Waals surface area contributed by atoms with E-state index in [2.05, 4.69) is 20.9 Å². The van der Waals surface area contributed by atoms with Crippen LogP contribution in [0.5, 0.6) is 5.88 Å². The predicted molar refractivity (Wildman–Crippen MR) is 65.9 cm³/mol. The van der Waals surface area contributed by atoms with E-state index < -0.39 is 6.43 Å². The second kappa shape index (κ2) is 7.55. The first-order valence-electron chi connectivity index (χ1n) is 5.22. The van der Waals surface area contributed by atoms with Crippen molar-refractivity contribution in [3.63, 3.8) is 0 Å². The molecule has 0 aromatic carbocycles. The lowest BCUT2D eigenvalue weighted by Crippen LogP contribution is -2.30. The van der Waals surface area contributed by atoms with Crippen LogP contribution in [-0.2, 0) is 6.54 Å². The smallest absolute Gasteiger partial charge is 0.251 e. The van der Waals surface area contributed by atoms with Gasteiger partial charge in [0.05, 0.1) is 19.3 Å². The molecule has 0 atom stereocenters. The van der Waals surface area contributed by atoms with Crippen LogP contribution in [-0.4, -0.2) is 41.8 Å². The van der Waals surface area contributed by atoms with E-state index >= 15 is 0 Å². The van der Waals surface area contributed by atoms with Gasteiger partial charge in [0.15, 0.2) is 0 Å². The number of hydrogen-bond acceptors (Lipinski definition) is 3. The fraction of sp³-hybridized carbons (Fsp3) is 0.545. The van der Waals surface area contributed by atoms with E-state index in [1.165, 1.54) is 7.11 Å². The van der Waals surface area contributed by atoms with E-state index in [1.54, 1.807) is 23.1 Å². The van der Waals surface area contributed by atoms with Crippen molar-refractivity contribution >= 4 is 15.9 Å². The van der Waals surface area contributed by atoms with Gasteiger partial charge in [-0.15, -0.1) is 0 Å². The molecule has 96 valence electrons. The summed E-state index contributed by atoms with van der Waals surface area (Å²) in [7, 11) is 1.53. The number of pyridine rings is 1. The highest BCUT2D eigenvalue weighted by atomic mass is 79.9. The lowest BCUT2D eigenvalue weighted by molar-refractivity contribution is 0.0875. The molecule has 3 nitrogen and oxygen atoms in total. The largest absolute Gasteiger partial charge is 0.481 e. The lowest BCUT2D eigenvalue weighted by Gasteiger charge is -2.20. The molecule has 1 heterocycles. The molecule has 0 fully saturated rings. The number of hydrogen-bond donors (Lipinski definition) is 0. The molecule has 0 saturated heterocycles. The summed E-state index contributed by atoms with van der Waals surface area (Å²) in [6, 6.07) is 5.33. The zero-order valence-electron chi connectivity index (χ0n) is 9.57. The van der Waals surface area contributed by atoms with E-state index in [0.717, 1.165) is 5.69 Å². The molecule has 0 N–H and O–H groups in total. The summed E-state index contributed by atoms with van der Waals surface area (Å²) in [4.78, 5) is 5.85. The van der Waals surface area contributed by atoms with Gasteiger partial charge in [-0.05, 0) is 6.07 Å². The van der Waals surface area contributed by atoms with E-state index in [-0.39, 0.29) is 6.54 Å². The first-order valence-corrected chi connectivity index (χ1v) is 6.34. The maximum absolute atomic E-state index is 12.4. The van der Waals surface area contributed by atoms with Gasteiger partial charge in [0.1, 0.15) is 0 Å². The van der Waals surface area contributed by atoms with Crippen LogP contribution >= 0.6 is 15.9 Å². The molecule has 6 heteroatoms. The number of methoxy groups -OCH3 is 1. The molecular formula is C11H15BrF2N2O. The number of halogens is 3. The second-order valence-electron chi connectivity index (χ2n) is 3.49. The number of aromatic nitrogens is 1. The highest BCUT2D eigenvalue weighted by Crippen LogP contribution is 2.10. The Morgan fingerprint density at radius 1 is 1.47 bits per heavy atom. The van der Waals surface area contributed by atoms with E-state index in [4.69, 9.17) is 4.74 Å². The molecule has 1 aromatic rings. The van der Waals surface area contributed by atoms with Crippen molar-refractivity contribution in [2.24, 2.45) is 0 Å². The Morgan fingerprint density at radius 3 is 2.82 bits per heavy atom. The summed E-state index contributed by atoms with van der Waals surface area (Å²) >= 11 is 3.25. The van der Waals surface area contributed by atoms with Crippen LogP contribution in [0.3, 0.4) is 0 Å². The highest BCUT2D eigenvalue weighted by molar-refractivity contribution is 9.09. The van der Waals surface area contributed by atoms with Gasteiger partial charge in [-0.2, -0.15) is 0 Å². The monoisotopic (exact) mass is 308 g/mol. The van der Waals surface area contributed by atoms with Gasteiger partial charge in [0.25, 0.3) is 6.43 Å². The average Bonchev–Trinajstić information content (AvgIpc) is 2.29. The van der Waals surface area contributed by atoms with Crippen molar-refractivity contribution in [2.45, 2.75) is 13.0 Å². The highest BCUT2D eigenvalue weighted by Gasteiger charge is 2.12. The topological polar surface area (TPSA) is 25.4 Å². The fourth-order valence-corrected chi connectivity index (χ4v) is 1.94. The van der Waals surface area contributed by atoms with Crippen molar-refractivity contribution in [3.05, 3.63) is 23.9 Å². The van der Waals surface area contributed by atoms with Crippen LogP contribution in [0.1, 0.15) is 5.69 Å². The van der Waals surface area contributed by atoms with Crippen molar-refractivity contribution in [1.82, 2.24) is 9.88 Å². The third-order valence-electron chi connectivity index (χ3n) is 2.17. The van der Waals surface area contributed by atoms with Crippen molar-refractivity contribution < 1.29 is 13.5 Å². The van der Waals surface area contributed by atoms with Crippen molar-refractivity contribution in [3.8, 4) is 5.88 Å². The minimum absolute atomic E-state index is 0.246. The van der Waals surface area contributed by atoms with E-state index in [1.807, 2.05) is 0 Å². The molecular weight excluding hydrogens is 294 g/mol. The van der Waals surface area contributed by atoms with Crippen LogP contribution in [0.15, 0.2) is 18.2 Å². The Morgan fingerprint density at radius 2 is 2.24 bits per heavy atom. The molecule has 0 aliphatic rings. The number of ether oxygens (including phenoxy) is 1. The third-order valence-corrected chi connectivity index (χ3v) is 2.53. The van der Waals surface area contributed by atoms with Gasteiger partial charge in [0, 0.05) is 24.5 Å². The van der Waals surface area contributed by atoms with Crippen LogP contribution in [0.2, 0.25) is 0 Å². The molecule has 0 aliphatic carbocycles. The standard InChI is InChI=1S/C11H15BrF2N2O/c1-17-11-4-2-3-9(15-11)7-16(6-5-12)8-10(13)14/h2-4,10H,5-8H2,1H3. The molecule has 0 spiro atoms. The molecule has 0 saturated carbocycles. The first-order chi connectivity index (χ1) is 8.15. The summed E-state index contributed by atoms with van der Waals surface area (Å²) in [5.41, 5.74) is 0.728. The lowest BCUT2D eigenvalue weighted by atomic mass is 10.3. The normalized spacial score (nSPS) is 11.2. The van der Waals surface area contributed by atoms with Gasteiger partial charge in [-0.3, -0.25) is 4.90 Å². The summed E-state index contributed by atoms with van der Waals surface area (Å²) in [6.07, 6.45) is -2.33. The zero-order valence-corrected chi connectivity index (χ0v) is 11.2. The first kappa shape index (κ1) is 14.3. The Hall–Kier alpha value is -0.750. The SMILES string of the molecule is COc1cccc(CN(CCBr)CC(F)F)n1. The van der Waals surface area contributed by atoms with Gasteiger partial charge in [-0.1, -0.05) is 22.0 Å². The Balaban J connectivity index is 2.64. The van der Waals surface area contributed by atoms with Crippen molar-refractivity contribution in [1.29, 1.82) is 0 Å². The summed E-state index contributed by atoms with van der Waals surface area (Å²) in [5, 5.41) is 0.656. The maximum atomic E-state index is 12.4. The van der Waals surface area contributed by atoms with Crippen molar-refractivity contribution in [2.75, 3.05) is 25.5 Å². The molecule has 0 amide bonds. The molecule has 1 rings (SSSR count). The summed E-state index contributed by atoms with van der Waals surface area (Å²) in [6.45, 7) is 0.709. The van der Waals surface area contributed by atoms with Crippen LogP contribution < -0.4 is 4.74 Å². The summed E-state index contributed by atoms with van der Waals surface area (Å²) < 4.78 is 29.7. The van der Waals surface area contributed by atoms with Gasteiger partial charge >= 0.3 is 0 Å². The average molecular weight is 309 g/mol. The molecule has 1 aromatic heterocycles. The summed E-state index contributed by atoms with van der Waals surface area (Å²) in [5.74, 6) is 0.498. The minimum atomic E-state index is -2.33. The van der Waals surface area contributed by atoms with E-state index in [9.17, 15) is 8.78 Å². The zero-order chi connectivity index (χ0) is 12.7. The predicted octanol–water partition coefficient (Wildman–Crippen LogP) is 2.55. The van der Waals surface area contributed by atoms with Crippen LogP contribution in [0, 0.1) is 0 Å².